The molecule has 1 heterocycles. The average Bonchev–Trinajstić information content (AvgIpc) is 2.23. The number of aromatic nitrogens is 2. The highest BCUT2D eigenvalue weighted by molar-refractivity contribution is 7.99. The van der Waals surface area contributed by atoms with E-state index in [1.807, 2.05) is 0 Å². The summed E-state index contributed by atoms with van der Waals surface area (Å²) in [5, 5.41) is 1.88. The molecule has 0 aromatic carbocycles. The second kappa shape index (κ2) is 5.71. The van der Waals surface area contributed by atoms with E-state index < -0.39 is 24.2 Å². The van der Waals surface area contributed by atoms with Gasteiger partial charge < -0.3 is 10.3 Å². The van der Waals surface area contributed by atoms with Gasteiger partial charge in [-0.2, -0.15) is 13.2 Å². The van der Waals surface area contributed by atoms with E-state index in [2.05, 4.69) is 9.97 Å². The summed E-state index contributed by atoms with van der Waals surface area (Å²) >= 11 is 0.847. The van der Waals surface area contributed by atoms with Crippen molar-refractivity contribution in [2.75, 3.05) is 12.3 Å². The molecule has 0 aliphatic carbocycles. The number of carbonyl (C=O) groups is 1. The summed E-state index contributed by atoms with van der Waals surface area (Å²) in [5.41, 5.74) is -0.391. The van der Waals surface area contributed by atoms with E-state index in [4.69, 9.17) is 0 Å². The summed E-state index contributed by atoms with van der Waals surface area (Å²) in [4.78, 5) is 27.9. The van der Waals surface area contributed by atoms with E-state index in [0.717, 1.165) is 11.8 Å². The van der Waals surface area contributed by atoms with Crippen LogP contribution in [0.2, 0.25) is 0 Å². The predicted octanol–water partition coefficient (Wildman–Crippen LogP) is 0.540. The molecule has 0 radical (unpaired) electrons. The van der Waals surface area contributed by atoms with Crippen molar-refractivity contribution in [2.24, 2.45) is 0 Å². The standard InChI is InChI=1S/C8H8F3N3O2S/c9-8(10,11)4-13-6(16)3-17-7-12-2-1-5(15)14-7/h1-2H,3-4H2,(H,13,16)(H,12,14,15). The van der Waals surface area contributed by atoms with Crippen molar-refractivity contribution in [3.8, 4) is 0 Å². The van der Waals surface area contributed by atoms with E-state index in [0.29, 0.717) is 0 Å². The Morgan fingerprint density at radius 3 is 2.82 bits per heavy atom. The lowest BCUT2D eigenvalue weighted by Gasteiger charge is -2.07. The van der Waals surface area contributed by atoms with Crippen LogP contribution >= 0.6 is 11.8 Å². The highest BCUT2D eigenvalue weighted by Crippen LogP contribution is 2.13. The molecule has 1 rings (SSSR count). The van der Waals surface area contributed by atoms with Gasteiger partial charge in [0.25, 0.3) is 5.56 Å². The molecule has 0 aliphatic rings. The van der Waals surface area contributed by atoms with Gasteiger partial charge in [0.2, 0.25) is 5.91 Å². The van der Waals surface area contributed by atoms with Crippen LogP contribution in [0.15, 0.2) is 22.2 Å². The normalized spacial score (nSPS) is 11.2. The Kier molecular flexibility index (Phi) is 4.55. The number of amides is 1. The lowest BCUT2D eigenvalue weighted by molar-refractivity contribution is -0.136. The second-order valence-corrected chi connectivity index (χ2v) is 3.88. The topological polar surface area (TPSA) is 74.8 Å². The van der Waals surface area contributed by atoms with Crippen LogP contribution in [0.4, 0.5) is 13.2 Å². The first-order valence-corrected chi connectivity index (χ1v) is 5.37. The molecule has 0 unspecified atom stereocenters. The van der Waals surface area contributed by atoms with Gasteiger partial charge in [-0.25, -0.2) is 4.98 Å². The maximum atomic E-state index is 11.8. The SMILES string of the molecule is O=C(CSc1nccc(=O)[nH]1)NCC(F)(F)F. The summed E-state index contributed by atoms with van der Waals surface area (Å²) in [6, 6.07) is 1.19. The van der Waals surface area contributed by atoms with Gasteiger partial charge in [-0.15, -0.1) is 0 Å². The van der Waals surface area contributed by atoms with Crippen LogP contribution < -0.4 is 10.9 Å². The van der Waals surface area contributed by atoms with Crippen LogP contribution in [0, 0.1) is 0 Å². The van der Waals surface area contributed by atoms with Crippen LogP contribution in [-0.4, -0.2) is 34.3 Å². The summed E-state index contributed by atoms with van der Waals surface area (Å²) < 4.78 is 35.3. The number of carbonyl (C=O) groups excluding carboxylic acids is 1. The molecule has 5 nitrogen and oxygen atoms in total. The molecule has 9 heteroatoms. The molecule has 1 aromatic rings. The smallest absolute Gasteiger partial charge is 0.346 e. The van der Waals surface area contributed by atoms with Crippen molar-refractivity contribution >= 4 is 17.7 Å². The van der Waals surface area contributed by atoms with E-state index in [-0.39, 0.29) is 10.9 Å². The second-order valence-electron chi connectivity index (χ2n) is 2.92. The number of nitrogens with one attached hydrogen (secondary N) is 2. The van der Waals surface area contributed by atoms with E-state index in [1.165, 1.54) is 12.3 Å². The van der Waals surface area contributed by atoms with Crippen molar-refractivity contribution in [1.82, 2.24) is 15.3 Å². The lowest BCUT2D eigenvalue weighted by atomic mass is 10.6. The monoisotopic (exact) mass is 267 g/mol. The average molecular weight is 267 g/mol. The Balaban J connectivity index is 2.36. The third-order valence-corrected chi connectivity index (χ3v) is 2.36. The van der Waals surface area contributed by atoms with Crippen LogP contribution in [0.3, 0.4) is 0 Å². The van der Waals surface area contributed by atoms with E-state index in [9.17, 15) is 22.8 Å². The molecule has 0 spiro atoms. The van der Waals surface area contributed by atoms with E-state index in [1.54, 1.807) is 5.32 Å². The Bertz CT molecular complexity index is 446. The minimum Gasteiger partial charge on any atom is -0.346 e. The van der Waals surface area contributed by atoms with Gasteiger partial charge in [0.15, 0.2) is 5.16 Å². The molecule has 2 N–H and O–H groups in total. The summed E-state index contributed by atoms with van der Waals surface area (Å²) in [7, 11) is 0. The molecular weight excluding hydrogens is 259 g/mol. The number of H-pyrrole nitrogens is 1. The maximum absolute atomic E-state index is 11.8. The third kappa shape index (κ3) is 5.95. The van der Waals surface area contributed by atoms with Crippen molar-refractivity contribution in [2.45, 2.75) is 11.3 Å². The number of hydrogen-bond acceptors (Lipinski definition) is 4. The summed E-state index contributed by atoms with van der Waals surface area (Å²) in [5.74, 6) is -1.03. The third-order valence-electron chi connectivity index (χ3n) is 1.47. The van der Waals surface area contributed by atoms with Gasteiger partial charge in [-0.1, -0.05) is 11.8 Å². The fourth-order valence-electron chi connectivity index (χ4n) is 0.809. The number of aromatic amines is 1. The van der Waals surface area contributed by atoms with Crippen molar-refractivity contribution in [3.05, 3.63) is 22.6 Å². The Labute approximate surface area is 97.8 Å². The zero-order chi connectivity index (χ0) is 12.9. The summed E-state index contributed by atoms with van der Waals surface area (Å²) in [6.45, 7) is -1.37. The fraction of sp³-hybridized carbons (Fsp3) is 0.375. The van der Waals surface area contributed by atoms with Crippen molar-refractivity contribution in [3.63, 3.8) is 0 Å². The molecule has 94 valence electrons. The minimum atomic E-state index is -4.43. The Morgan fingerprint density at radius 1 is 1.53 bits per heavy atom. The van der Waals surface area contributed by atoms with Crippen molar-refractivity contribution < 1.29 is 18.0 Å². The molecule has 0 bridgehead atoms. The molecule has 0 atom stereocenters. The maximum Gasteiger partial charge on any atom is 0.405 e. The Hall–Kier alpha value is -1.51. The highest BCUT2D eigenvalue weighted by atomic mass is 32.2. The first-order chi connectivity index (χ1) is 7.87. The van der Waals surface area contributed by atoms with Crippen molar-refractivity contribution in [1.29, 1.82) is 0 Å². The molecule has 0 saturated carbocycles. The number of halogens is 3. The van der Waals surface area contributed by atoms with Gasteiger partial charge in [-0.05, 0) is 0 Å². The number of nitrogens with zero attached hydrogens (tertiary/aromatic N) is 1. The largest absolute Gasteiger partial charge is 0.405 e. The number of rotatable bonds is 4. The van der Waals surface area contributed by atoms with Crippen LogP contribution in [-0.2, 0) is 4.79 Å². The van der Waals surface area contributed by atoms with Crippen LogP contribution in [0.1, 0.15) is 0 Å². The first-order valence-electron chi connectivity index (χ1n) is 4.38. The fourth-order valence-corrected chi connectivity index (χ4v) is 1.49. The zero-order valence-electron chi connectivity index (χ0n) is 8.37. The molecule has 0 fully saturated rings. The lowest BCUT2D eigenvalue weighted by Crippen LogP contribution is -2.34. The number of hydrogen-bond donors (Lipinski definition) is 2. The van der Waals surface area contributed by atoms with E-state index >= 15 is 0 Å². The van der Waals surface area contributed by atoms with Gasteiger partial charge in [-0.3, -0.25) is 9.59 Å². The molecule has 1 aromatic heterocycles. The highest BCUT2D eigenvalue weighted by Gasteiger charge is 2.27. The van der Waals surface area contributed by atoms with Gasteiger partial charge in [0.1, 0.15) is 6.54 Å². The van der Waals surface area contributed by atoms with Gasteiger partial charge >= 0.3 is 6.18 Å². The number of thioether (sulfide) groups is 1. The van der Waals surface area contributed by atoms with Gasteiger partial charge in [0.05, 0.1) is 5.75 Å². The predicted molar refractivity (Wildman–Crippen MR) is 54.6 cm³/mol. The molecule has 17 heavy (non-hydrogen) atoms. The van der Waals surface area contributed by atoms with Crippen LogP contribution in [0.5, 0.6) is 0 Å². The Morgan fingerprint density at radius 2 is 2.24 bits per heavy atom. The minimum absolute atomic E-state index is 0.180. The number of alkyl halides is 3. The summed E-state index contributed by atoms with van der Waals surface area (Å²) in [6.07, 6.45) is -3.19. The zero-order valence-corrected chi connectivity index (χ0v) is 9.19. The van der Waals surface area contributed by atoms with Crippen LogP contribution in [0.25, 0.3) is 0 Å². The molecule has 0 saturated heterocycles. The van der Waals surface area contributed by atoms with Gasteiger partial charge in [0, 0.05) is 12.3 Å². The quantitative estimate of drug-likeness (QED) is 0.617. The molecule has 0 aliphatic heterocycles. The first kappa shape index (κ1) is 13.6. The molecular formula is C8H8F3N3O2S. The molecule has 1 amide bonds.